The Bertz CT molecular complexity index is 487. The lowest BCUT2D eigenvalue weighted by molar-refractivity contribution is 0.153. The smallest absolute Gasteiger partial charge is 0.0543 e. The molecule has 0 amide bonds. The van der Waals surface area contributed by atoms with Gasteiger partial charge in [-0.1, -0.05) is 25.5 Å². The van der Waals surface area contributed by atoms with Gasteiger partial charge in [0.25, 0.3) is 0 Å². The van der Waals surface area contributed by atoms with E-state index in [2.05, 4.69) is 43.1 Å². The number of aliphatic hydroxyl groups excluding tert-OH is 1. The van der Waals surface area contributed by atoms with Crippen molar-refractivity contribution < 1.29 is 5.11 Å². The number of hydrogen-bond acceptors (Lipinski definition) is 1. The van der Waals surface area contributed by atoms with E-state index in [0.29, 0.717) is 0 Å². The van der Waals surface area contributed by atoms with Gasteiger partial charge in [0.1, 0.15) is 0 Å². The molecule has 2 heteroatoms. The molecule has 2 rings (SSSR count). The fraction of sp³-hybridized carbons (Fsp3) is 0.467. The van der Waals surface area contributed by atoms with E-state index in [1.807, 2.05) is 0 Å². The summed E-state index contributed by atoms with van der Waals surface area (Å²) in [6, 6.07) is 8.52. The van der Waals surface area contributed by atoms with Gasteiger partial charge >= 0.3 is 0 Å². The maximum atomic E-state index is 9.73. The number of aromatic nitrogens is 1. The Kier molecular flexibility index (Phi) is 3.85. The third-order valence-corrected chi connectivity index (χ3v) is 3.31. The molecule has 1 unspecified atom stereocenters. The highest BCUT2D eigenvalue weighted by molar-refractivity contribution is 5.83. The zero-order chi connectivity index (χ0) is 12.3. The van der Waals surface area contributed by atoms with Gasteiger partial charge in [-0.05, 0) is 43.9 Å². The first-order chi connectivity index (χ1) is 8.20. The summed E-state index contributed by atoms with van der Waals surface area (Å²) in [7, 11) is 0. The summed E-state index contributed by atoms with van der Waals surface area (Å²) in [6.45, 7) is 4.24. The molecular weight excluding hydrogens is 210 g/mol. The monoisotopic (exact) mass is 231 g/mol. The van der Waals surface area contributed by atoms with Crippen LogP contribution in [0.15, 0.2) is 24.3 Å². The van der Waals surface area contributed by atoms with Crippen LogP contribution in [0.1, 0.15) is 37.4 Å². The van der Waals surface area contributed by atoms with Gasteiger partial charge in [-0.25, -0.2) is 0 Å². The predicted molar refractivity (Wildman–Crippen MR) is 72.3 cm³/mol. The molecule has 0 saturated carbocycles. The zero-order valence-electron chi connectivity index (χ0n) is 10.7. The van der Waals surface area contributed by atoms with Crippen LogP contribution in [0.3, 0.4) is 0 Å². The maximum Gasteiger partial charge on any atom is 0.0543 e. The first kappa shape index (κ1) is 12.2. The predicted octanol–water partition coefficient (Wildman–Crippen LogP) is 3.57. The molecule has 1 aromatic carbocycles. The number of aryl methyl sites for hydroxylation is 2. The van der Waals surface area contributed by atoms with Crippen LogP contribution in [0.5, 0.6) is 0 Å². The number of aliphatic hydroxyl groups is 1. The minimum Gasteiger partial charge on any atom is -0.393 e. The molecule has 92 valence electrons. The van der Waals surface area contributed by atoms with Gasteiger partial charge in [-0.2, -0.15) is 0 Å². The number of fused-ring (bicyclic) bond motifs is 1. The third kappa shape index (κ3) is 2.89. The molecule has 1 atom stereocenters. The standard InChI is InChI=1S/C15H21NO/c1-3-5-13(17)9-8-12-10-14-11(2)6-4-7-15(14)16-12/h4,6-7,10,13,16-17H,3,5,8-9H2,1-2H3. The van der Waals surface area contributed by atoms with E-state index in [0.717, 1.165) is 25.7 Å². The second-order valence-electron chi connectivity index (χ2n) is 4.81. The Morgan fingerprint density at radius 1 is 1.29 bits per heavy atom. The Labute approximate surface area is 103 Å². The lowest BCUT2D eigenvalue weighted by atomic mass is 10.1. The Balaban J connectivity index is 2.07. The average Bonchev–Trinajstić information content (AvgIpc) is 2.71. The molecule has 0 aliphatic rings. The first-order valence-electron chi connectivity index (χ1n) is 6.46. The van der Waals surface area contributed by atoms with Crippen LogP contribution in [-0.4, -0.2) is 16.2 Å². The van der Waals surface area contributed by atoms with E-state index in [-0.39, 0.29) is 6.10 Å². The molecule has 2 N–H and O–H groups in total. The number of aromatic amines is 1. The van der Waals surface area contributed by atoms with Crippen LogP contribution in [0.25, 0.3) is 10.9 Å². The van der Waals surface area contributed by atoms with Crippen molar-refractivity contribution in [3.05, 3.63) is 35.5 Å². The quantitative estimate of drug-likeness (QED) is 0.810. The minimum atomic E-state index is -0.160. The molecule has 0 spiro atoms. The van der Waals surface area contributed by atoms with Crippen LogP contribution in [0.2, 0.25) is 0 Å². The molecule has 2 aromatic rings. The summed E-state index contributed by atoms with van der Waals surface area (Å²) in [5.74, 6) is 0. The fourth-order valence-corrected chi connectivity index (χ4v) is 2.30. The van der Waals surface area contributed by atoms with Crippen LogP contribution >= 0.6 is 0 Å². The maximum absolute atomic E-state index is 9.73. The second-order valence-corrected chi connectivity index (χ2v) is 4.81. The molecule has 0 saturated heterocycles. The lowest BCUT2D eigenvalue weighted by Crippen LogP contribution is -2.07. The number of benzene rings is 1. The highest BCUT2D eigenvalue weighted by atomic mass is 16.3. The molecule has 2 nitrogen and oxygen atoms in total. The number of hydrogen-bond donors (Lipinski definition) is 2. The van der Waals surface area contributed by atoms with Crippen LogP contribution < -0.4 is 0 Å². The molecule has 0 aliphatic heterocycles. The van der Waals surface area contributed by atoms with Gasteiger partial charge in [0.15, 0.2) is 0 Å². The zero-order valence-corrected chi connectivity index (χ0v) is 10.7. The molecule has 0 radical (unpaired) electrons. The number of rotatable bonds is 5. The van der Waals surface area contributed by atoms with Crippen LogP contribution in [0.4, 0.5) is 0 Å². The van der Waals surface area contributed by atoms with E-state index < -0.39 is 0 Å². The SMILES string of the molecule is CCCC(O)CCc1cc2c(C)cccc2[nH]1. The normalized spacial score (nSPS) is 13.1. The second kappa shape index (κ2) is 5.37. The highest BCUT2D eigenvalue weighted by Crippen LogP contribution is 2.20. The number of nitrogens with one attached hydrogen (secondary N) is 1. The highest BCUT2D eigenvalue weighted by Gasteiger charge is 2.06. The fourth-order valence-electron chi connectivity index (χ4n) is 2.30. The van der Waals surface area contributed by atoms with E-state index in [9.17, 15) is 5.11 Å². The third-order valence-electron chi connectivity index (χ3n) is 3.31. The largest absolute Gasteiger partial charge is 0.393 e. The summed E-state index contributed by atoms with van der Waals surface area (Å²) in [5, 5.41) is 11.0. The van der Waals surface area contributed by atoms with E-state index in [1.54, 1.807) is 0 Å². The Morgan fingerprint density at radius 2 is 2.12 bits per heavy atom. The van der Waals surface area contributed by atoms with Gasteiger partial charge in [-0.3, -0.25) is 0 Å². The summed E-state index contributed by atoms with van der Waals surface area (Å²) in [6.07, 6.45) is 3.56. The molecular formula is C15H21NO. The van der Waals surface area contributed by atoms with Gasteiger partial charge in [0, 0.05) is 16.6 Å². The van der Waals surface area contributed by atoms with Crippen molar-refractivity contribution in [2.45, 2.75) is 45.6 Å². The van der Waals surface area contributed by atoms with Gasteiger partial charge in [-0.15, -0.1) is 0 Å². The molecule has 1 heterocycles. The van der Waals surface area contributed by atoms with Gasteiger partial charge in [0.05, 0.1) is 6.10 Å². The first-order valence-corrected chi connectivity index (χ1v) is 6.46. The van der Waals surface area contributed by atoms with E-state index in [1.165, 1.54) is 22.2 Å². The average molecular weight is 231 g/mol. The van der Waals surface area contributed by atoms with Crippen molar-refractivity contribution in [3.63, 3.8) is 0 Å². The van der Waals surface area contributed by atoms with Crippen molar-refractivity contribution in [1.29, 1.82) is 0 Å². The van der Waals surface area contributed by atoms with Crippen molar-refractivity contribution >= 4 is 10.9 Å². The summed E-state index contributed by atoms with van der Waals surface area (Å²) < 4.78 is 0. The summed E-state index contributed by atoms with van der Waals surface area (Å²) >= 11 is 0. The van der Waals surface area contributed by atoms with Crippen LogP contribution in [0, 0.1) is 6.92 Å². The van der Waals surface area contributed by atoms with Crippen molar-refractivity contribution in [2.24, 2.45) is 0 Å². The molecule has 0 bridgehead atoms. The van der Waals surface area contributed by atoms with Crippen molar-refractivity contribution in [3.8, 4) is 0 Å². The molecule has 17 heavy (non-hydrogen) atoms. The van der Waals surface area contributed by atoms with Gasteiger partial charge in [0.2, 0.25) is 0 Å². The van der Waals surface area contributed by atoms with E-state index >= 15 is 0 Å². The topological polar surface area (TPSA) is 36.0 Å². The summed E-state index contributed by atoms with van der Waals surface area (Å²) in [5.41, 5.74) is 3.73. The molecule has 0 aliphatic carbocycles. The van der Waals surface area contributed by atoms with E-state index in [4.69, 9.17) is 0 Å². The molecule has 1 aromatic heterocycles. The number of H-pyrrole nitrogens is 1. The Hall–Kier alpha value is -1.28. The van der Waals surface area contributed by atoms with Gasteiger partial charge < -0.3 is 10.1 Å². The Morgan fingerprint density at radius 3 is 2.82 bits per heavy atom. The molecule has 0 fully saturated rings. The summed E-state index contributed by atoms with van der Waals surface area (Å²) in [4.78, 5) is 3.42. The van der Waals surface area contributed by atoms with Crippen molar-refractivity contribution in [2.75, 3.05) is 0 Å². The minimum absolute atomic E-state index is 0.160. The lowest BCUT2D eigenvalue weighted by Gasteiger charge is -2.07. The van der Waals surface area contributed by atoms with Crippen LogP contribution in [-0.2, 0) is 6.42 Å². The van der Waals surface area contributed by atoms with Crippen molar-refractivity contribution in [1.82, 2.24) is 4.98 Å².